The molecule has 0 radical (unpaired) electrons. The number of nitrogens with one attached hydrogen (secondary N) is 1. The molecule has 5 rings (SSSR count). The fraction of sp³-hybridized carbons (Fsp3) is 0.346. The number of benzene rings is 2. The van der Waals surface area contributed by atoms with Gasteiger partial charge in [-0.25, -0.2) is 0 Å². The Morgan fingerprint density at radius 1 is 0.912 bits per heavy atom. The highest BCUT2D eigenvalue weighted by Gasteiger charge is 2.32. The maximum atomic E-state index is 13.4. The first kappa shape index (κ1) is 22.0. The number of aromatic amines is 1. The van der Waals surface area contributed by atoms with Gasteiger partial charge in [0, 0.05) is 56.1 Å². The lowest BCUT2D eigenvalue weighted by molar-refractivity contribution is 0.0707. The molecule has 2 aromatic carbocycles. The SMILES string of the molecule is COc1ccccc1C(=O)N1CCc2[nH]nc(C(=O)N3CCN(c4ccccc4C)CC3)c2C1. The Labute approximate surface area is 199 Å². The smallest absolute Gasteiger partial charge is 0.274 e. The normalized spacial score (nSPS) is 15.8. The van der Waals surface area contributed by atoms with Gasteiger partial charge < -0.3 is 19.4 Å². The number of para-hydroxylation sites is 2. The van der Waals surface area contributed by atoms with Crippen molar-refractivity contribution in [1.82, 2.24) is 20.0 Å². The van der Waals surface area contributed by atoms with E-state index >= 15 is 0 Å². The van der Waals surface area contributed by atoms with Gasteiger partial charge in [0.2, 0.25) is 0 Å². The lowest BCUT2D eigenvalue weighted by Gasteiger charge is -2.36. The molecule has 2 amide bonds. The molecule has 1 aromatic heterocycles. The van der Waals surface area contributed by atoms with Gasteiger partial charge in [0.25, 0.3) is 11.8 Å². The monoisotopic (exact) mass is 459 g/mol. The van der Waals surface area contributed by atoms with Crippen molar-refractivity contribution in [3.8, 4) is 5.75 Å². The fourth-order valence-electron chi connectivity index (χ4n) is 4.86. The summed E-state index contributed by atoms with van der Waals surface area (Å²) in [6, 6.07) is 15.6. The van der Waals surface area contributed by atoms with Crippen LogP contribution in [0.2, 0.25) is 0 Å². The average Bonchev–Trinajstić information content (AvgIpc) is 3.31. The fourth-order valence-corrected chi connectivity index (χ4v) is 4.86. The van der Waals surface area contributed by atoms with E-state index in [1.54, 1.807) is 24.1 Å². The molecule has 3 heterocycles. The first-order chi connectivity index (χ1) is 16.6. The van der Waals surface area contributed by atoms with Gasteiger partial charge in [-0.3, -0.25) is 14.7 Å². The van der Waals surface area contributed by atoms with Crippen molar-refractivity contribution in [1.29, 1.82) is 0 Å². The van der Waals surface area contributed by atoms with Crippen LogP contribution in [0.3, 0.4) is 0 Å². The molecular weight excluding hydrogens is 430 g/mol. The second-order valence-corrected chi connectivity index (χ2v) is 8.77. The summed E-state index contributed by atoms with van der Waals surface area (Å²) in [6.07, 6.45) is 0.636. The van der Waals surface area contributed by atoms with Crippen LogP contribution in [0.4, 0.5) is 5.69 Å². The number of carbonyl (C=O) groups is 2. The molecule has 0 atom stereocenters. The Kier molecular flexibility index (Phi) is 5.96. The molecule has 2 aliphatic rings. The number of aryl methyl sites for hydroxylation is 1. The molecule has 2 aliphatic heterocycles. The number of ether oxygens (including phenoxy) is 1. The third-order valence-corrected chi connectivity index (χ3v) is 6.78. The van der Waals surface area contributed by atoms with Crippen LogP contribution >= 0.6 is 0 Å². The molecule has 1 fully saturated rings. The average molecular weight is 460 g/mol. The molecular formula is C26H29N5O3. The number of H-pyrrole nitrogens is 1. The van der Waals surface area contributed by atoms with Crippen LogP contribution in [0, 0.1) is 6.92 Å². The minimum atomic E-state index is -0.102. The molecule has 3 aromatic rings. The topological polar surface area (TPSA) is 81.8 Å². The molecule has 1 saturated heterocycles. The second kappa shape index (κ2) is 9.21. The number of aromatic nitrogens is 2. The van der Waals surface area contributed by atoms with Crippen LogP contribution in [0.5, 0.6) is 5.75 Å². The highest BCUT2D eigenvalue weighted by Crippen LogP contribution is 2.27. The third-order valence-electron chi connectivity index (χ3n) is 6.78. The number of anilines is 1. The minimum absolute atomic E-state index is 0.0754. The van der Waals surface area contributed by atoms with Crippen molar-refractivity contribution in [2.45, 2.75) is 19.9 Å². The molecule has 0 bridgehead atoms. The van der Waals surface area contributed by atoms with Gasteiger partial charge in [0.1, 0.15) is 5.75 Å². The highest BCUT2D eigenvalue weighted by molar-refractivity contribution is 5.98. The number of hydrogen-bond acceptors (Lipinski definition) is 5. The van der Waals surface area contributed by atoms with Gasteiger partial charge in [-0.1, -0.05) is 30.3 Å². The first-order valence-electron chi connectivity index (χ1n) is 11.6. The zero-order valence-electron chi connectivity index (χ0n) is 19.6. The van der Waals surface area contributed by atoms with Crippen LogP contribution in [-0.2, 0) is 13.0 Å². The van der Waals surface area contributed by atoms with Gasteiger partial charge >= 0.3 is 0 Å². The summed E-state index contributed by atoms with van der Waals surface area (Å²) in [5, 5.41) is 7.41. The van der Waals surface area contributed by atoms with Gasteiger partial charge in [0.05, 0.1) is 19.2 Å². The largest absolute Gasteiger partial charge is 0.496 e. The van der Waals surface area contributed by atoms with E-state index in [2.05, 4.69) is 34.2 Å². The van der Waals surface area contributed by atoms with Crippen LogP contribution in [0.1, 0.15) is 37.7 Å². The molecule has 8 heteroatoms. The van der Waals surface area contributed by atoms with E-state index in [1.807, 2.05) is 29.2 Å². The molecule has 1 N–H and O–H groups in total. The number of amides is 2. The number of rotatable bonds is 4. The van der Waals surface area contributed by atoms with Gasteiger partial charge in [0.15, 0.2) is 5.69 Å². The standard InChI is InChI=1S/C26H29N5O3/c1-18-7-3-5-9-22(18)29-13-15-30(16-14-29)26(33)24-20-17-31(12-11-21(20)27-28-24)25(32)19-8-4-6-10-23(19)34-2/h3-10H,11-17H2,1-2H3,(H,27,28). The predicted octanol–water partition coefficient (Wildman–Crippen LogP) is 2.89. The van der Waals surface area contributed by atoms with Crippen molar-refractivity contribution >= 4 is 17.5 Å². The maximum Gasteiger partial charge on any atom is 0.274 e. The van der Waals surface area contributed by atoms with Crippen LogP contribution in [-0.4, -0.2) is 71.6 Å². The number of hydrogen-bond donors (Lipinski definition) is 1. The summed E-state index contributed by atoms with van der Waals surface area (Å²) >= 11 is 0. The molecule has 34 heavy (non-hydrogen) atoms. The quantitative estimate of drug-likeness (QED) is 0.649. The van der Waals surface area contributed by atoms with Crippen LogP contribution < -0.4 is 9.64 Å². The molecule has 0 aliphatic carbocycles. The molecule has 8 nitrogen and oxygen atoms in total. The van der Waals surface area contributed by atoms with Crippen molar-refractivity contribution in [2.75, 3.05) is 44.7 Å². The number of fused-ring (bicyclic) bond motifs is 1. The van der Waals surface area contributed by atoms with Gasteiger partial charge in [-0.2, -0.15) is 5.10 Å². The van der Waals surface area contributed by atoms with Crippen molar-refractivity contribution in [2.24, 2.45) is 0 Å². The zero-order chi connectivity index (χ0) is 23.7. The molecule has 0 unspecified atom stereocenters. The predicted molar refractivity (Wildman–Crippen MR) is 129 cm³/mol. The summed E-state index contributed by atoms with van der Waals surface area (Å²) in [5.74, 6) is 0.372. The van der Waals surface area contributed by atoms with E-state index in [0.717, 1.165) is 24.3 Å². The van der Waals surface area contributed by atoms with E-state index in [4.69, 9.17) is 4.74 Å². The van der Waals surface area contributed by atoms with Crippen LogP contribution in [0.25, 0.3) is 0 Å². The highest BCUT2D eigenvalue weighted by atomic mass is 16.5. The Hall–Kier alpha value is -3.81. The maximum absolute atomic E-state index is 13.4. The van der Waals surface area contributed by atoms with E-state index < -0.39 is 0 Å². The van der Waals surface area contributed by atoms with E-state index in [1.165, 1.54) is 11.3 Å². The van der Waals surface area contributed by atoms with Gasteiger partial charge in [-0.05, 0) is 30.7 Å². The minimum Gasteiger partial charge on any atom is -0.496 e. The lowest BCUT2D eigenvalue weighted by Crippen LogP contribution is -2.49. The number of carbonyl (C=O) groups excluding carboxylic acids is 2. The number of piperazine rings is 1. The van der Waals surface area contributed by atoms with Gasteiger partial charge in [-0.15, -0.1) is 0 Å². The van der Waals surface area contributed by atoms with E-state index in [0.29, 0.717) is 49.6 Å². The molecule has 176 valence electrons. The Morgan fingerprint density at radius 2 is 1.65 bits per heavy atom. The van der Waals surface area contributed by atoms with E-state index in [9.17, 15) is 9.59 Å². The van der Waals surface area contributed by atoms with E-state index in [-0.39, 0.29) is 11.8 Å². The summed E-state index contributed by atoms with van der Waals surface area (Å²) in [4.78, 5) is 32.6. The lowest BCUT2D eigenvalue weighted by atomic mass is 10.0. The number of methoxy groups -OCH3 is 1. The molecule has 0 spiro atoms. The third kappa shape index (κ3) is 4.00. The number of nitrogens with zero attached hydrogens (tertiary/aromatic N) is 4. The first-order valence-corrected chi connectivity index (χ1v) is 11.6. The Morgan fingerprint density at radius 3 is 2.41 bits per heavy atom. The molecule has 0 saturated carbocycles. The second-order valence-electron chi connectivity index (χ2n) is 8.77. The Bertz CT molecular complexity index is 1210. The summed E-state index contributed by atoms with van der Waals surface area (Å²) in [6.45, 7) is 5.86. The summed E-state index contributed by atoms with van der Waals surface area (Å²) < 4.78 is 5.37. The van der Waals surface area contributed by atoms with Crippen LogP contribution in [0.15, 0.2) is 48.5 Å². The zero-order valence-corrected chi connectivity index (χ0v) is 19.6. The summed E-state index contributed by atoms with van der Waals surface area (Å²) in [5.41, 5.74) is 5.17. The van der Waals surface area contributed by atoms with Crippen molar-refractivity contribution in [3.63, 3.8) is 0 Å². The van der Waals surface area contributed by atoms with Crippen molar-refractivity contribution in [3.05, 3.63) is 76.6 Å². The Balaban J connectivity index is 1.29. The van der Waals surface area contributed by atoms with Crippen molar-refractivity contribution < 1.29 is 14.3 Å². The summed E-state index contributed by atoms with van der Waals surface area (Å²) in [7, 11) is 1.56.